The number of likely N-dealkylation sites (N-methyl/N-ethyl adjacent to an activating group) is 1. The van der Waals surface area contributed by atoms with Crippen molar-refractivity contribution in [3.63, 3.8) is 0 Å². The van der Waals surface area contributed by atoms with Gasteiger partial charge in [0.05, 0.1) is 23.9 Å². The molecule has 3 aromatic rings. The summed E-state index contributed by atoms with van der Waals surface area (Å²) in [7, 11) is 2.40. The molecule has 1 aliphatic heterocycles. The Hall–Kier alpha value is -3.05. The van der Waals surface area contributed by atoms with Gasteiger partial charge in [0.1, 0.15) is 16.7 Å². The predicted octanol–water partition coefficient (Wildman–Crippen LogP) is 2.68. The van der Waals surface area contributed by atoms with Crippen LogP contribution in [0.25, 0.3) is 11.3 Å². The number of nitrogen functional groups attached to an aromatic ring is 1. The molecular formula is C23H27ClN6O3S. The van der Waals surface area contributed by atoms with Crippen LogP contribution in [0, 0.1) is 0 Å². The number of carbonyl (C=O) groups excluding carboxylic acids is 1. The van der Waals surface area contributed by atoms with E-state index in [0.29, 0.717) is 17.1 Å². The van der Waals surface area contributed by atoms with Crippen LogP contribution < -0.4 is 15.8 Å². The second-order valence-electron chi connectivity index (χ2n) is 7.68. The summed E-state index contributed by atoms with van der Waals surface area (Å²) in [5.41, 5.74) is 7.76. The second kappa shape index (κ2) is 11.4. The third-order valence-electron chi connectivity index (χ3n) is 5.39. The van der Waals surface area contributed by atoms with Crippen LogP contribution in [-0.4, -0.2) is 69.6 Å². The van der Waals surface area contributed by atoms with E-state index < -0.39 is 16.9 Å². The zero-order valence-electron chi connectivity index (χ0n) is 18.9. The molecule has 1 amide bonds. The van der Waals surface area contributed by atoms with Crippen LogP contribution in [-0.2, 0) is 11.0 Å². The summed E-state index contributed by atoms with van der Waals surface area (Å²) in [4.78, 5) is 24.3. The van der Waals surface area contributed by atoms with E-state index in [4.69, 9.17) is 10.5 Å². The number of hydrogen-bond donors (Lipinski definition) is 2. The maximum atomic E-state index is 12.9. The molecular weight excluding hydrogens is 476 g/mol. The first-order chi connectivity index (χ1) is 15.9. The first kappa shape index (κ1) is 25.6. The number of amides is 1. The van der Waals surface area contributed by atoms with Crippen LogP contribution in [0.4, 0.5) is 11.5 Å². The topological polar surface area (TPSA) is 114 Å². The van der Waals surface area contributed by atoms with E-state index in [1.807, 2.05) is 28.6 Å². The molecule has 0 radical (unpaired) electrons. The van der Waals surface area contributed by atoms with E-state index >= 15 is 0 Å². The number of rotatable bonds is 6. The molecule has 1 saturated heterocycles. The van der Waals surface area contributed by atoms with E-state index in [9.17, 15) is 9.00 Å². The number of halogens is 1. The minimum atomic E-state index is -1.21. The Morgan fingerprint density at radius 2 is 1.82 bits per heavy atom. The first-order valence-corrected chi connectivity index (χ1v) is 11.6. The molecule has 11 heteroatoms. The second-order valence-corrected chi connectivity index (χ2v) is 9.17. The number of aromatic nitrogens is 2. The highest BCUT2D eigenvalue weighted by molar-refractivity contribution is 7.82. The lowest BCUT2D eigenvalue weighted by molar-refractivity contribution is 0.102. The van der Waals surface area contributed by atoms with Gasteiger partial charge in [-0.05, 0) is 31.3 Å². The first-order valence-electron chi connectivity index (χ1n) is 10.5. The number of hydrogen-bond acceptors (Lipinski definition) is 7. The molecule has 180 valence electrons. The van der Waals surface area contributed by atoms with Crippen molar-refractivity contribution >= 4 is 40.8 Å². The summed E-state index contributed by atoms with van der Waals surface area (Å²) >= 11 is 0. The van der Waals surface area contributed by atoms with Gasteiger partial charge in [0.25, 0.3) is 5.91 Å². The molecule has 34 heavy (non-hydrogen) atoms. The van der Waals surface area contributed by atoms with Crippen molar-refractivity contribution < 1.29 is 13.7 Å². The highest BCUT2D eigenvalue weighted by Crippen LogP contribution is 2.23. The van der Waals surface area contributed by atoms with Gasteiger partial charge in [0.15, 0.2) is 11.5 Å². The van der Waals surface area contributed by atoms with Crippen molar-refractivity contribution in [1.82, 2.24) is 19.2 Å². The normalized spacial score (nSPS) is 15.2. The van der Waals surface area contributed by atoms with Crippen molar-refractivity contribution in [3.8, 4) is 17.0 Å². The number of carbonyl (C=O) groups is 1. The highest BCUT2D eigenvalue weighted by atomic mass is 35.5. The van der Waals surface area contributed by atoms with E-state index in [2.05, 4.69) is 27.2 Å². The van der Waals surface area contributed by atoms with Crippen LogP contribution in [0.15, 0.2) is 59.6 Å². The van der Waals surface area contributed by atoms with Gasteiger partial charge in [-0.25, -0.2) is 18.5 Å². The number of ether oxygens (including phenoxy) is 1. The lowest BCUT2D eigenvalue weighted by Gasteiger charge is -2.31. The lowest BCUT2D eigenvalue weighted by atomic mass is 10.1. The fourth-order valence-electron chi connectivity index (χ4n) is 3.44. The van der Waals surface area contributed by atoms with Gasteiger partial charge in [-0.2, -0.15) is 0 Å². The molecule has 2 aromatic carbocycles. The minimum absolute atomic E-state index is 0. The Balaban J connectivity index is 0.00000324. The number of nitrogens with zero attached hydrogens (tertiary/aromatic N) is 4. The average Bonchev–Trinajstić information content (AvgIpc) is 2.84. The minimum Gasteiger partial charge on any atom is -0.497 e. The van der Waals surface area contributed by atoms with Crippen molar-refractivity contribution in [1.29, 1.82) is 0 Å². The third-order valence-corrected chi connectivity index (χ3v) is 6.90. The fourth-order valence-corrected chi connectivity index (χ4v) is 4.60. The van der Waals surface area contributed by atoms with E-state index in [-0.39, 0.29) is 23.9 Å². The molecule has 2 heterocycles. The number of piperazine rings is 1. The van der Waals surface area contributed by atoms with Gasteiger partial charge in [0, 0.05) is 43.5 Å². The monoisotopic (exact) mass is 502 g/mol. The van der Waals surface area contributed by atoms with Crippen LogP contribution >= 0.6 is 12.4 Å². The van der Waals surface area contributed by atoms with Crippen molar-refractivity contribution in [2.75, 3.05) is 51.4 Å². The Labute approximate surface area is 207 Å². The maximum Gasteiger partial charge on any atom is 0.278 e. The van der Waals surface area contributed by atoms with Gasteiger partial charge < -0.3 is 20.7 Å². The molecule has 1 fully saturated rings. The molecule has 0 spiro atoms. The largest absolute Gasteiger partial charge is 0.497 e. The summed E-state index contributed by atoms with van der Waals surface area (Å²) in [6.07, 6.45) is 1.52. The van der Waals surface area contributed by atoms with Crippen LogP contribution in [0.5, 0.6) is 5.75 Å². The van der Waals surface area contributed by atoms with E-state index in [1.54, 1.807) is 31.4 Å². The van der Waals surface area contributed by atoms with E-state index in [1.165, 1.54) is 6.20 Å². The molecule has 1 aliphatic rings. The molecule has 4 rings (SSSR count). The molecule has 0 bridgehead atoms. The lowest BCUT2D eigenvalue weighted by Crippen LogP contribution is -2.45. The van der Waals surface area contributed by atoms with Crippen LogP contribution in [0.2, 0.25) is 0 Å². The van der Waals surface area contributed by atoms with Crippen LogP contribution in [0.1, 0.15) is 10.5 Å². The molecule has 0 aliphatic carbocycles. The standard InChI is InChI=1S/C23H26N6O3S.ClH/c1-28-10-12-29(13-11-28)33(31)19-8-6-16(7-9-19)20-15-25-22(24)21(27-20)23(30)26-17-4-3-5-18(14-17)32-2;/h3-9,14-15H,10-13H2,1-2H3,(H2,24,25)(H,26,30);1H. The summed E-state index contributed by atoms with van der Waals surface area (Å²) in [5, 5.41) is 2.77. The average molecular weight is 503 g/mol. The smallest absolute Gasteiger partial charge is 0.278 e. The van der Waals surface area contributed by atoms with Crippen molar-refractivity contribution in [3.05, 3.63) is 60.4 Å². The van der Waals surface area contributed by atoms with E-state index in [0.717, 1.165) is 36.6 Å². The molecule has 3 N–H and O–H groups in total. The number of nitrogens with one attached hydrogen (secondary N) is 1. The summed E-state index contributed by atoms with van der Waals surface area (Å²) in [6, 6.07) is 14.3. The number of methoxy groups -OCH3 is 1. The number of nitrogens with two attached hydrogens (primary N) is 1. The van der Waals surface area contributed by atoms with Gasteiger partial charge in [-0.3, -0.25) is 4.79 Å². The van der Waals surface area contributed by atoms with Gasteiger partial charge >= 0.3 is 0 Å². The Morgan fingerprint density at radius 3 is 2.50 bits per heavy atom. The number of anilines is 2. The Bertz CT molecular complexity index is 1170. The quantitative estimate of drug-likeness (QED) is 0.532. The Morgan fingerprint density at radius 1 is 1.12 bits per heavy atom. The van der Waals surface area contributed by atoms with Crippen molar-refractivity contribution in [2.24, 2.45) is 0 Å². The molecule has 9 nitrogen and oxygen atoms in total. The highest BCUT2D eigenvalue weighted by Gasteiger charge is 2.21. The van der Waals surface area contributed by atoms with Gasteiger partial charge in [-0.15, -0.1) is 12.4 Å². The predicted molar refractivity (Wildman–Crippen MR) is 136 cm³/mol. The number of benzene rings is 2. The van der Waals surface area contributed by atoms with Crippen molar-refractivity contribution in [2.45, 2.75) is 4.90 Å². The fraction of sp³-hybridized carbons (Fsp3) is 0.261. The zero-order chi connectivity index (χ0) is 23.4. The zero-order valence-corrected chi connectivity index (χ0v) is 20.6. The summed E-state index contributed by atoms with van der Waals surface area (Å²) in [5.74, 6) is 0.185. The summed E-state index contributed by atoms with van der Waals surface area (Å²) in [6.45, 7) is 3.32. The summed E-state index contributed by atoms with van der Waals surface area (Å²) < 4.78 is 20.0. The molecule has 1 atom stereocenters. The molecule has 1 aromatic heterocycles. The SMILES string of the molecule is COc1cccc(NC(=O)c2nc(-c3ccc(S(=O)N4CCN(C)CC4)cc3)cnc2N)c1.Cl. The molecule has 0 saturated carbocycles. The molecule has 1 unspecified atom stereocenters. The maximum absolute atomic E-state index is 12.9. The Kier molecular flexibility index (Phi) is 8.56. The van der Waals surface area contributed by atoms with Crippen LogP contribution in [0.3, 0.4) is 0 Å². The van der Waals surface area contributed by atoms with Gasteiger partial charge in [0.2, 0.25) is 0 Å². The van der Waals surface area contributed by atoms with Gasteiger partial charge in [-0.1, -0.05) is 18.2 Å². The third kappa shape index (κ3) is 5.89.